The average molecular weight is 375 g/mol. The first-order chi connectivity index (χ1) is 12.1. The maximum atomic E-state index is 12.4. The lowest BCUT2D eigenvalue weighted by Crippen LogP contribution is -2.33. The van der Waals surface area contributed by atoms with Gasteiger partial charge < -0.3 is 5.32 Å². The van der Waals surface area contributed by atoms with E-state index >= 15 is 0 Å². The Bertz CT molecular complexity index is 921. The molecule has 6 heteroatoms. The summed E-state index contributed by atoms with van der Waals surface area (Å²) in [5.41, 5.74) is 5.38. The number of benzene rings is 2. The highest BCUT2D eigenvalue weighted by Crippen LogP contribution is 2.25. The third-order valence-electron chi connectivity index (χ3n) is 4.67. The third kappa shape index (κ3) is 4.64. The molecule has 0 aliphatic rings. The minimum Gasteiger partial charge on any atom is -0.326 e. The summed E-state index contributed by atoms with van der Waals surface area (Å²) in [5.74, 6) is -0.211. The molecule has 2 aromatic rings. The lowest BCUT2D eigenvalue weighted by Gasteiger charge is -2.24. The minimum atomic E-state index is -3.49. The van der Waals surface area contributed by atoms with Gasteiger partial charge in [-0.05, 0) is 62.1 Å². The highest BCUT2D eigenvalue weighted by molar-refractivity contribution is 7.92. The van der Waals surface area contributed by atoms with E-state index in [1.165, 1.54) is 4.31 Å². The first-order valence-corrected chi connectivity index (χ1v) is 10.4. The monoisotopic (exact) mass is 374 g/mol. The molecule has 1 amide bonds. The first-order valence-electron chi connectivity index (χ1n) is 8.51. The van der Waals surface area contributed by atoms with Gasteiger partial charge in [0.15, 0.2) is 0 Å². The summed E-state index contributed by atoms with van der Waals surface area (Å²) in [6.45, 7) is 7.85. The number of hydrogen-bond acceptors (Lipinski definition) is 3. The van der Waals surface area contributed by atoms with Crippen molar-refractivity contribution in [3.05, 3.63) is 58.7 Å². The molecular weight excluding hydrogens is 348 g/mol. The van der Waals surface area contributed by atoms with Gasteiger partial charge in [0, 0.05) is 18.7 Å². The van der Waals surface area contributed by atoms with E-state index in [1.807, 2.05) is 58.0 Å². The van der Waals surface area contributed by atoms with Gasteiger partial charge in [0.05, 0.1) is 11.9 Å². The second kappa shape index (κ2) is 7.91. The molecule has 26 heavy (non-hydrogen) atoms. The number of nitrogens with zero attached hydrogens (tertiary/aromatic N) is 1. The van der Waals surface area contributed by atoms with Crippen molar-refractivity contribution in [2.45, 2.75) is 34.1 Å². The minimum absolute atomic E-state index is 0.0772. The lowest BCUT2D eigenvalue weighted by atomic mass is 10.1. The summed E-state index contributed by atoms with van der Waals surface area (Å²) >= 11 is 0. The second-order valence-corrected chi connectivity index (χ2v) is 8.51. The number of amides is 1. The Morgan fingerprint density at radius 3 is 2.15 bits per heavy atom. The predicted molar refractivity (Wildman–Crippen MR) is 107 cm³/mol. The zero-order valence-electron chi connectivity index (χ0n) is 16.0. The zero-order valence-corrected chi connectivity index (χ0v) is 16.8. The Hall–Kier alpha value is -2.34. The molecule has 1 N–H and O–H groups in total. The standard InChI is InChI=1S/C20H26N2O3S/c1-14-8-6-10-18(16(14)3)21-20(23)12-13-22(26(5,24)25)19-11-7-9-15(2)17(19)4/h6-11H,12-13H2,1-5H3,(H,21,23). The van der Waals surface area contributed by atoms with Crippen molar-refractivity contribution in [3.8, 4) is 0 Å². The third-order valence-corrected chi connectivity index (χ3v) is 5.85. The number of nitrogens with one attached hydrogen (secondary N) is 1. The Balaban J connectivity index is 2.16. The van der Waals surface area contributed by atoms with Gasteiger partial charge in [-0.2, -0.15) is 0 Å². The van der Waals surface area contributed by atoms with E-state index in [9.17, 15) is 13.2 Å². The fourth-order valence-electron chi connectivity index (χ4n) is 2.77. The Morgan fingerprint density at radius 2 is 1.54 bits per heavy atom. The van der Waals surface area contributed by atoms with E-state index in [0.29, 0.717) is 5.69 Å². The van der Waals surface area contributed by atoms with Gasteiger partial charge in [-0.3, -0.25) is 9.10 Å². The van der Waals surface area contributed by atoms with Crippen LogP contribution in [0, 0.1) is 27.7 Å². The SMILES string of the molecule is Cc1cccc(NC(=O)CCN(c2cccc(C)c2C)S(C)(=O)=O)c1C. The number of hydrogen-bond donors (Lipinski definition) is 1. The summed E-state index contributed by atoms with van der Waals surface area (Å²) in [6, 6.07) is 11.2. The van der Waals surface area contributed by atoms with E-state index in [0.717, 1.165) is 34.2 Å². The maximum absolute atomic E-state index is 12.4. The molecule has 140 valence electrons. The normalized spacial score (nSPS) is 11.3. The van der Waals surface area contributed by atoms with Gasteiger partial charge in [0.2, 0.25) is 15.9 Å². The van der Waals surface area contributed by atoms with Crippen molar-refractivity contribution in [3.63, 3.8) is 0 Å². The van der Waals surface area contributed by atoms with Crippen molar-refractivity contribution in [2.75, 3.05) is 22.4 Å². The van der Waals surface area contributed by atoms with Crippen LogP contribution in [-0.4, -0.2) is 27.1 Å². The van der Waals surface area contributed by atoms with E-state index < -0.39 is 10.0 Å². The van der Waals surface area contributed by atoms with Gasteiger partial charge in [-0.1, -0.05) is 24.3 Å². The van der Waals surface area contributed by atoms with E-state index in [4.69, 9.17) is 0 Å². The van der Waals surface area contributed by atoms with Gasteiger partial charge in [-0.25, -0.2) is 8.42 Å². The number of rotatable bonds is 6. The van der Waals surface area contributed by atoms with Crippen LogP contribution >= 0.6 is 0 Å². The number of sulfonamides is 1. The molecule has 5 nitrogen and oxygen atoms in total. The molecule has 0 fully saturated rings. The van der Waals surface area contributed by atoms with Crippen LogP contribution in [0.3, 0.4) is 0 Å². The molecular formula is C20H26N2O3S. The van der Waals surface area contributed by atoms with E-state index in [1.54, 1.807) is 6.07 Å². The Kier molecular flexibility index (Phi) is 6.08. The summed E-state index contributed by atoms with van der Waals surface area (Å²) < 4.78 is 25.8. The summed E-state index contributed by atoms with van der Waals surface area (Å²) in [7, 11) is -3.49. The second-order valence-electron chi connectivity index (χ2n) is 6.60. The quantitative estimate of drug-likeness (QED) is 0.838. The van der Waals surface area contributed by atoms with Crippen LogP contribution in [0.4, 0.5) is 11.4 Å². The van der Waals surface area contributed by atoms with Crippen molar-refractivity contribution in [1.82, 2.24) is 0 Å². The molecule has 0 radical (unpaired) electrons. The van der Waals surface area contributed by atoms with Crippen LogP contribution in [0.25, 0.3) is 0 Å². The van der Waals surface area contributed by atoms with E-state index in [2.05, 4.69) is 5.32 Å². The molecule has 0 aliphatic carbocycles. The van der Waals surface area contributed by atoms with Crippen LogP contribution in [0.1, 0.15) is 28.7 Å². The topological polar surface area (TPSA) is 66.5 Å². The molecule has 0 spiro atoms. The molecule has 0 unspecified atom stereocenters. The van der Waals surface area contributed by atoms with Gasteiger partial charge in [0.1, 0.15) is 0 Å². The fourth-order valence-corrected chi connectivity index (χ4v) is 3.75. The molecule has 0 aromatic heterocycles. The van der Waals surface area contributed by atoms with Crippen LogP contribution in [0.2, 0.25) is 0 Å². The van der Waals surface area contributed by atoms with Crippen LogP contribution in [0.15, 0.2) is 36.4 Å². The number of carbonyl (C=O) groups is 1. The Labute approximate surface area is 156 Å². The fraction of sp³-hybridized carbons (Fsp3) is 0.350. The number of anilines is 2. The summed E-state index contributed by atoms with van der Waals surface area (Å²) in [4.78, 5) is 12.4. The van der Waals surface area contributed by atoms with E-state index in [-0.39, 0.29) is 18.9 Å². The molecule has 0 atom stereocenters. The molecule has 0 saturated carbocycles. The van der Waals surface area contributed by atoms with Gasteiger partial charge in [-0.15, -0.1) is 0 Å². The zero-order chi connectivity index (χ0) is 19.5. The Morgan fingerprint density at radius 1 is 0.962 bits per heavy atom. The highest BCUT2D eigenvalue weighted by Gasteiger charge is 2.21. The van der Waals surface area contributed by atoms with Crippen LogP contribution in [0.5, 0.6) is 0 Å². The maximum Gasteiger partial charge on any atom is 0.232 e. The molecule has 0 saturated heterocycles. The van der Waals surface area contributed by atoms with Crippen LogP contribution in [-0.2, 0) is 14.8 Å². The van der Waals surface area contributed by atoms with Crippen molar-refractivity contribution >= 4 is 27.3 Å². The van der Waals surface area contributed by atoms with Gasteiger partial charge in [0.25, 0.3) is 0 Å². The molecule has 0 bridgehead atoms. The van der Waals surface area contributed by atoms with Gasteiger partial charge >= 0.3 is 0 Å². The van der Waals surface area contributed by atoms with Crippen LogP contribution < -0.4 is 9.62 Å². The molecule has 2 aromatic carbocycles. The van der Waals surface area contributed by atoms with Crippen molar-refractivity contribution < 1.29 is 13.2 Å². The number of carbonyl (C=O) groups excluding carboxylic acids is 1. The first kappa shape index (κ1) is 20.0. The molecule has 0 aliphatic heterocycles. The predicted octanol–water partition coefficient (Wildman–Crippen LogP) is 3.72. The summed E-state index contributed by atoms with van der Waals surface area (Å²) in [5, 5.41) is 2.87. The summed E-state index contributed by atoms with van der Waals surface area (Å²) in [6.07, 6.45) is 1.24. The molecule has 0 heterocycles. The largest absolute Gasteiger partial charge is 0.326 e. The lowest BCUT2D eigenvalue weighted by molar-refractivity contribution is -0.116. The number of aryl methyl sites for hydroxylation is 2. The molecule has 2 rings (SSSR count). The smallest absolute Gasteiger partial charge is 0.232 e. The van der Waals surface area contributed by atoms with Crippen molar-refractivity contribution in [1.29, 1.82) is 0 Å². The average Bonchev–Trinajstić information content (AvgIpc) is 2.54. The highest BCUT2D eigenvalue weighted by atomic mass is 32.2. The van der Waals surface area contributed by atoms with Crippen molar-refractivity contribution in [2.24, 2.45) is 0 Å².